The number of H-pyrrole nitrogens is 2. The van der Waals surface area contributed by atoms with Gasteiger partial charge < -0.3 is 26.3 Å². The lowest BCUT2D eigenvalue weighted by atomic mass is 10.0. The number of amides is 2. The van der Waals surface area contributed by atoms with Crippen LogP contribution in [0, 0.1) is 0 Å². The predicted octanol–water partition coefficient (Wildman–Crippen LogP) is 0.555. The molecule has 0 bridgehead atoms. The van der Waals surface area contributed by atoms with Crippen molar-refractivity contribution in [2.45, 2.75) is 44.2 Å². The van der Waals surface area contributed by atoms with Crippen molar-refractivity contribution in [3.63, 3.8) is 0 Å². The van der Waals surface area contributed by atoms with E-state index >= 15 is 0 Å². The molecule has 1 saturated heterocycles. The Balaban J connectivity index is 1.31. The number of hydrogen-bond donors (Lipinski definition) is 5. The SMILES string of the molecule is Nc1nc(N2CCC(NC(=O)[C@H](Cc3cnc[nH]3)NC(=O)CCc3ccccc3)CC2)n[nH]1. The summed E-state index contributed by atoms with van der Waals surface area (Å²) >= 11 is 0. The molecule has 0 unspecified atom stereocenters. The van der Waals surface area contributed by atoms with E-state index in [0.717, 1.165) is 24.1 Å². The van der Waals surface area contributed by atoms with Crippen LogP contribution in [0.2, 0.25) is 0 Å². The number of aromatic amines is 2. The van der Waals surface area contributed by atoms with E-state index < -0.39 is 6.04 Å². The summed E-state index contributed by atoms with van der Waals surface area (Å²) in [6.45, 7) is 1.41. The van der Waals surface area contributed by atoms with Crippen LogP contribution in [0.4, 0.5) is 11.9 Å². The van der Waals surface area contributed by atoms with Crippen LogP contribution in [-0.2, 0) is 22.4 Å². The topological polar surface area (TPSA) is 158 Å². The molecular weight excluding hydrogens is 422 g/mol. The number of benzene rings is 1. The average molecular weight is 452 g/mol. The van der Waals surface area contributed by atoms with Gasteiger partial charge in [0.05, 0.1) is 6.33 Å². The van der Waals surface area contributed by atoms with Gasteiger partial charge in [-0.3, -0.25) is 9.59 Å². The number of anilines is 2. The fourth-order valence-corrected chi connectivity index (χ4v) is 3.93. The number of hydrogen-bond acceptors (Lipinski definition) is 7. The molecule has 3 aromatic rings. The van der Waals surface area contributed by atoms with Gasteiger partial charge >= 0.3 is 0 Å². The van der Waals surface area contributed by atoms with E-state index in [9.17, 15) is 9.59 Å². The third-order valence-corrected chi connectivity index (χ3v) is 5.73. The number of carbonyl (C=O) groups excluding carboxylic acids is 2. The highest BCUT2D eigenvalue weighted by atomic mass is 16.2. The van der Waals surface area contributed by atoms with Gasteiger partial charge in [-0.25, -0.2) is 10.1 Å². The molecule has 0 spiro atoms. The first kappa shape index (κ1) is 22.3. The third-order valence-electron chi connectivity index (χ3n) is 5.73. The van der Waals surface area contributed by atoms with Crippen molar-refractivity contribution in [2.24, 2.45) is 0 Å². The number of nitrogens with two attached hydrogens (primary N) is 1. The minimum Gasteiger partial charge on any atom is -0.368 e. The fourth-order valence-electron chi connectivity index (χ4n) is 3.93. The van der Waals surface area contributed by atoms with E-state index in [1.165, 1.54) is 0 Å². The maximum Gasteiger partial charge on any atom is 0.246 e. The molecule has 33 heavy (non-hydrogen) atoms. The second-order valence-corrected chi connectivity index (χ2v) is 8.18. The lowest BCUT2D eigenvalue weighted by Gasteiger charge is -2.32. The number of imidazole rings is 1. The zero-order valence-corrected chi connectivity index (χ0v) is 18.3. The standard InChI is InChI=1S/C22H29N9O2/c23-21-28-22(30-29-21)31-10-8-16(9-11-31)26-20(33)18(12-17-13-24-14-25-17)27-19(32)7-6-15-4-2-1-3-5-15/h1-5,13-14,16,18H,6-12H2,(H,24,25)(H,26,33)(H,27,32)(H3,23,28,29,30)/t18-/m0/s1. The predicted molar refractivity (Wildman–Crippen MR) is 123 cm³/mol. The fraction of sp³-hybridized carbons (Fsp3) is 0.409. The van der Waals surface area contributed by atoms with E-state index in [2.05, 4.69) is 35.8 Å². The highest BCUT2D eigenvalue weighted by Gasteiger charge is 2.27. The van der Waals surface area contributed by atoms with E-state index in [1.54, 1.807) is 12.5 Å². The summed E-state index contributed by atoms with van der Waals surface area (Å²) in [5, 5.41) is 12.7. The van der Waals surface area contributed by atoms with Gasteiger partial charge in [0, 0.05) is 43.9 Å². The van der Waals surface area contributed by atoms with Crippen LogP contribution in [0.15, 0.2) is 42.9 Å². The molecule has 1 aliphatic heterocycles. The van der Waals surface area contributed by atoms with E-state index in [0.29, 0.717) is 38.3 Å². The molecule has 0 saturated carbocycles. The molecule has 6 N–H and O–H groups in total. The van der Waals surface area contributed by atoms with Gasteiger partial charge in [0.15, 0.2) is 0 Å². The van der Waals surface area contributed by atoms with Crippen molar-refractivity contribution >= 4 is 23.7 Å². The molecule has 11 heteroatoms. The summed E-state index contributed by atoms with van der Waals surface area (Å²) in [4.78, 5) is 38.9. The van der Waals surface area contributed by atoms with Crippen molar-refractivity contribution in [3.8, 4) is 0 Å². The molecule has 11 nitrogen and oxygen atoms in total. The van der Waals surface area contributed by atoms with Crippen molar-refractivity contribution in [1.29, 1.82) is 0 Å². The normalized spacial score (nSPS) is 15.2. The lowest BCUT2D eigenvalue weighted by molar-refractivity contribution is -0.129. The first-order valence-electron chi connectivity index (χ1n) is 11.1. The summed E-state index contributed by atoms with van der Waals surface area (Å²) < 4.78 is 0. The van der Waals surface area contributed by atoms with Crippen LogP contribution in [0.25, 0.3) is 0 Å². The first-order valence-corrected chi connectivity index (χ1v) is 11.1. The Kier molecular flexibility index (Phi) is 7.18. The highest BCUT2D eigenvalue weighted by Crippen LogP contribution is 2.16. The zero-order valence-electron chi connectivity index (χ0n) is 18.3. The van der Waals surface area contributed by atoms with Crippen molar-refractivity contribution in [2.75, 3.05) is 23.7 Å². The molecule has 1 fully saturated rings. The number of aromatic nitrogens is 5. The van der Waals surface area contributed by atoms with Crippen molar-refractivity contribution in [3.05, 3.63) is 54.1 Å². The molecule has 2 amide bonds. The summed E-state index contributed by atoms with van der Waals surface area (Å²) in [5.41, 5.74) is 7.48. The Labute approximate surface area is 191 Å². The van der Waals surface area contributed by atoms with Gasteiger partial charge in [0.25, 0.3) is 0 Å². The van der Waals surface area contributed by atoms with Crippen LogP contribution in [-0.4, -0.2) is 62.1 Å². The molecule has 2 aromatic heterocycles. The number of nitrogens with zero attached hydrogens (tertiary/aromatic N) is 4. The van der Waals surface area contributed by atoms with Gasteiger partial charge in [-0.15, -0.1) is 5.10 Å². The Bertz CT molecular complexity index is 1030. The van der Waals surface area contributed by atoms with Gasteiger partial charge in [-0.2, -0.15) is 4.98 Å². The number of rotatable bonds is 9. The van der Waals surface area contributed by atoms with Crippen LogP contribution >= 0.6 is 0 Å². The average Bonchev–Trinajstić information content (AvgIpc) is 3.50. The first-order chi connectivity index (χ1) is 16.1. The number of carbonyl (C=O) groups is 2. The van der Waals surface area contributed by atoms with Crippen LogP contribution in [0.1, 0.15) is 30.5 Å². The summed E-state index contributed by atoms with van der Waals surface area (Å²) in [6.07, 6.45) is 6.00. The monoisotopic (exact) mass is 451 g/mol. The largest absolute Gasteiger partial charge is 0.368 e. The Morgan fingerprint density at radius 2 is 2.00 bits per heavy atom. The molecule has 0 radical (unpaired) electrons. The summed E-state index contributed by atoms with van der Waals surface area (Å²) in [5.74, 6) is 0.499. The van der Waals surface area contributed by atoms with Gasteiger partial charge in [-0.1, -0.05) is 30.3 Å². The van der Waals surface area contributed by atoms with Crippen LogP contribution in [0.5, 0.6) is 0 Å². The van der Waals surface area contributed by atoms with E-state index in [1.807, 2.05) is 35.2 Å². The minimum absolute atomic E-state index is 0.00975. The second-order valence-electron chi connectivity index (χ2n) is 8.18. The number of nitrogens with one attached hydrogen (secondary N) is 4. The molecule has 1 aromatic carbocycles. The zero-order chi connectivity index (χ0) is 23.0. The molecule has 1 aliphatic rings. The Hall–Kier alpha value is -3.89. The molecule has 0 aliphatic carbocycles. The highest BCUT2D eigenvalue weighted by molar-refractivity contribution is 5.88. The maximum atomic E-state index is 13.1. The van der Waals surface area contributed by atoms with Gasteiger partial charge in [0.2, 0.25) is 23.7 Å². The number of piperidine rings is 1. The smallest absolute Gasteiger partial charge is 0.246 e. The Morgan fingerprint density at radius 3 is 2.67 bits per heavy atom. The molecule has 3 heterocycles. The maximum absolute atomic E-state index is 13.1. The lowest BCUT2D eigenvalue weighted by Crippen LogP contribution is -2.53. The van der Waals surface area contributed by atoms with Gasteiger partial charge in [-0.05, 0) is 24.8 Å². The van der Waals surface area contributed by atoms with Crippen LogP contribution in [0.3, 0.4) is 0 Å². The quantitative estimate of drug-likeness (QED) is 0.318. The number of aryl methyl sites for hydroxylation is 1. The molecule has 1 atom stereocenters. The van der Waals surface area contributed by atoms with Crippen molar-refractivity contribution in [1.82, 2.24) is 35.8 Å². The van der Waals surface area contributed by atoms with E-state index in [-0.39, 0.29) is 23.8 Å². The Morgan fingerprint density at radius 1 is 1.21 bits per heavy atom. The van der Waals surface area contributed by atoms with Gasteiger partial charge in [0.1, 0.15) is 6.04 Å². The summed E-state index contributed by atoms with van der Waals surface area (Å²) in [7, 11) is 0. The number of nitrogen functional groups attached to an aromatic ring is 1. The summed E-state index contributed by atoms with van der Waals surface area (Å²) in [6, 6.07) is 9.14. The van der Waals surface area contributed by atoms with Crippen molar-refractivity contribution < 1.29 is 9.59 Å². The van der Waals surface area contributed by atoms with E-state index in [4.69, 9.17) is 5.73 Å². The second kappa shape index (κ2) is 10.6. The molecular formula is C22H29N9O2. The third kappa shape index (κ3) is 6.31. The molecule has 174 valence electrons. The minimum atomic E-state index is -0.681. The molecule has 4 rings (SSSR count). The van der Waals surface area contributed by atoms with Crippen LogP contribution < -0.4 is 21.3 Å².